The van der Waals surface area contributed by atoms with Gasteiger partial charge in [0.15, 0.2) is 0 Å². The molecule has 1 fully saturated rings. The molecule has 32 heavy (non-hydrogen) atoms. The van der Waals surface area contributed by atoms with Gasteiger partial charge < -0.3 is 19.6 Å². The molecule has 0 bridgehead atoms. The first kappa shape index (κ1) is 22.5. The van der Waals surface area contributed by atoms with E-state index in [4.69, 9.17) is 4.74 Å². The van der Waals surface area contributed by atoms with Crippen LogP contribution in [0.2, 0.25) is 0 Å². The molecular formula is C19H21F3N4O5S. The van der Waals surface area contributed by atoms with E-state index >= 15 is 0 Å². The van der Waals surface area contributed by atoms with Gasteiger partial charge in [-0.25, -0.2) is 0 Å². The number of aromatic nitrogens is 2. The maximum atomic E-state index is 12.8. The van der Waals surface area contributed by atoms with Gasteiger partial charge in [0.05, 0.1) is 17.3 Å². The Bertz CT molecular complexity index is 995. The van der Waals surface area contributed by atoms with Gasteiger partial charge in [-0.2, -0.15) is 0 Å². The summed E-state index contributed by atoms with van der Waals surface area (Å²) in [6, 6.07) is 5.37. The summed E-state index contributed by atoms with van der Waals surface area (Å²) in [6.07, 6.45) is -2.07. The number of benzene rings is 1. The Morgan fingerprint density at radius 3 is 2.53 bits per heavy atom. The summed E-state index contributed by atoms with van der Waals surface area (Å²) in [4.78, 5) is 16.8. The highest BCUT2D eigenvalue weighted by atomic mass is 32.2. The van der Waals surface area contributed by atoms with Crippen LogP contribution in [-0.4, -0.2) is 60.4 Å². The van der Waals surface area contributed by atoms with Crippen molar-refractivity contribution in [2.45, 2.75) is 48.4 Å². The minimum Gasteiger partial charge on any atom is -0.436 e. The van der Waals surface area contributed by atoms with Gasteiger partial charge in [-0.3, -0.25) is 13.7 Å². The zero-order valence-electron chi connectivity index (χ0n) is 17.1. The Kier molecular flexibility index (Phi) is 5.88. The van der Waals surface area contributed by atoms with E-state index in [9.17, 15) is 27.5 Å². The molecule has 174 valence electrons. The van der Waals surface area contributed by atoms with Crippen LogP contribution in [-0.2, 0) is 17.3 Å². The highest BCUT2D eigenvalue weighted by molar-refractivity contribution is 7.85. The third kappa shape index (κ3) is 5.04. The fourth-order valence-electron chi connectivity index (χ4n) is 4.09. The molecule has 2 atom stereocenters. The molecule has 2 aliphatic heterocycles. The number of nitro groups is 1. The number of halogens is 3. The smallest absolute Gasteiger partial charge is 0.436 e. The number of fused-ring (bicyclic) bond motifs is 1. The van der Waals surface area contributed by atoms with Gasteiger partial charge in [-0.1, -0.05) is 0 Å². The SMILES string of the molecule is C[C@]1(CN2CCC(S(=O)c3ccc(OC(F)(F)F)cc3)CC2)Cn2cc([N+](=O)[O-])nc2O1. The lowest BCUT2D eigenvalue weighted by Crippen LogP contribution is -2.48. The Balaban J connectivity index is 1.29. The number of hydrogen-bond donors (Lipinski definition) is 0. The molecule has 1 aromatic heterocycles. The van der Waals surface area contributed by atoms with Crippen molar-refractivity contribution in [3.05, 3.63) is 40.6 Å². The zero-order valence-corrected chi connectivity index (χ0v) is 17.9. The molecule has 2 aromatic rings. The van der Waals surface area contributed by atoms with Crippen molar-refractivity contribution in [2.75, 3.05) is 19.6 Å². The second kappa shape index (κ2) is 8.35. The summed E-state index contributed by atoms with van der Waals surface area (Å²) < 4.78 is 61.0. The predicted molar refractivity (Wildman–Crippen MR) is 107 cm³/mol. The summed E-state index contributed by atoms with van der Waals surface area (Å²) in [5.41, 5.74) is -0.572. The van der Waals surface area contributed by atoms with Crippen molar-refractivity contribution in [1.82, 2.24) is 14.5 Å². The molecule has 2 aliphatic rings. The molecule has 4 rings (SSSR count). The standard InChI is InChI=1S/C19H21F3N4O5S/c1-18(12-25-10-16(26(27)28)23-17(25)31-18)11-24-8-6-15(7-9-24)32(29)14-4-2-13(3-5-14)30-19(20,21)22/h2-5,10,15H,6-9,11-12H2,1H3/t18-,32?/m0/s1. The minimum atomic E-state index is -4.76. The third-order valence-corrected chi connectivity index (χ3v) is 7.26. The molecule has 0 radical (unpaired) electrons. The number of ether oxygens (including phenoxy) is 2. The Morgan fingerprint density at radius 1 is 1.31 bits per heavy atom. The van der Waals surface area contributed by atoms with Crippen LogP contribution in [0.3, 0.4) is 0 Å². The van der Waals surface area contributed by atoms with Crippen LogP contribution in [0.5, 0.6) is 11.8 Å². The average molecular weight is 474 g/mol. The maximum Gasteiger partial charge on any atom is 0.573 e. The molecule has 1 unspecified atom stereocenters. The number of piperidine rings is 1. The van der Waals surface area contributed by atoms with Crippen LogP contribution < -0.4 is 9.47 Å². The van der Waals surface area contributed by atoms with E-state index in [1.165, 1.54) is 30.5 Å². The van der Waals surface area contributed by atoms with E-state index in [0.717, 1.165) is 0 Å². The molecule has 0 amide bonds. The Hall–Kier alpha value is -2.67. The number of hydrogen-bond acceptors (Lipinski definition) is 7. The third-order valence-electron chi connectivity index (χ3n) is 5.44. The monoisotopic (exact) mass is 474 g/mol. The first-order valence-electron chi connectivity index (χ1n) is 9.91. The Morgan fingerprint density at radius 2 is 1.97 bits per heavy atom. The fourth-order valence-corrected chi connectivity index (χ4v) is 5.51. The molecule has 13 heteroatoms. The van der Waals surface area contributed by atoms with Crippen molar-refractivity contribution in [3.63, 3.8) is 0 Å². The van der Waals surface area contributed by atoms with Gasteiger partial charge in [-0.05, 0) is 62.0 Å². The average Bonchev–Trinajstić information content (AvgIpc) is 3.22. The van der Waals surface area contributed by atoms with Gasteiger partial charge in [-0.15, -0.1) is 13.2 Å². The van der Waals surface area contributed by atoms with Gasteiger partial charge in [0.1, 0.15) is 17.5 Å². The summed E-state index contributed by atoms with van der Waals surface area (Å²) in [6.45, 7) is 4.33. The largest absolute Gasteiger partial charge is 0.573 e. The van der Waals surface area contributed by atoms with Gasteiger partial charge >= 0.3 is 18.2 Å². The number of rotatable bonds is 6. The highest BCUT2D eigenvalue weighted by Gasteiger charge is 2.42. The maximum absolute atomic E-state index is 12.8. The van der Waals surface area contributed by atoms with Crippen LogP contribution in [0.25, 0.3) is 0 Å². The van der Waals surface area contributed by atoms with Crippen LogP contribution in [0.15, 0.2) is 35.4 Å². The normalized spacial score (nSPS) is 22.9. The van der Waals surface area contributed by atoms with Crippen molar-refractivity contribution >= 4 is 16.6 Å². The minimum absolute atomic E-state index is 0.101. The lowest BCUT2D eigenvalue weighted by Gasteiger charge is -2.35. The molecule has 3 heterocycles. The van der Waals surface area contributed by atoms with Gasteiger partial charge in [0.25, 0.3) is 0 Å². The summed E-state index contributed by atoms with van der Waals surface area (Å²) in [5.74, 6) is -0.591. The molecule has 0 spiro atoms. The van der Waals surface area contributed by atoms with E-state index in [0.29, 0.717) is 43.9 Å². The molecule has 9 nitrogen and oxygen atoms in total. The van der Waals surface area contributed by atoms with E-state index in [1.807, 2.05) is 6.92 Å². The molecule has 1 aromatic carbocycles. The van der Waals surface area contributed by atoms with Crippen molar-refractivity contribution in [2.24, 2.45) is 0 Å². The van der Waals surface area contributed by atoms with Crippen molar-refractivity contribution < 1.29 is 31.8 Å². The van der Waals surface area contributed by atoms with Crippen molar-refractivity contribution in [1.29, 1.82) is 0 Å². The van der Waals surface area contributed by atoms with Crippen molar-refractivity contribution in [3.8, 4) is 11.8 Å². The summed E-state index contributed by atoms with van der Waals surface area (Å²) in [7, 11) is -1.34. The molecular weight excluding hydrogens is 453 g/mol. The number of imidazole rings is 1. The summed E-state index contributed by atoms with van der Waals surface area (Å²) >= 11 is 0. The van der Waals surface area contributed by atoms with Crippen LogP contribution in [0.1, 0.15) is 19.8 Å². The van der Waals surface area contributed by atoms with E-state index in [-0.39, 0.29) is 22.8 Å². The zero-order chi connectivity index (χ0) is 23.1. The lowest BCUT2D eigenvalue weighted by molar-refractivity contribution is -0.389. The van der Waals surface area contributed by atoms with E-state index in [2.05, 4.69) is 14.6 Å². The molecule has 0 aliphatic carbocycles. The second-order valence-electron chi connectivity index (χ2n) is 8.11. The molecule has 1 saturated heterocycles. The molecule has 0 N–H and O–H groups in total. The number of nitrogens with zero attached hydrogens (tertiary/aromatic N) is 4. The fraction of sp³-hybridized carbons (Fsp3) is 0.526. The number of alkyl halides is 3. The van der Waals surface area contributed by atoms with Crippen LogP contribution in [0, 0.1) is 10.1 Å². The lowest BCUT2D eigenvalue weighted by atomic mass is 10.0. The van der Waals surface area contributed by atoms with Gasteiger partial charge in [0.2, 0.25) is 0 Å². The van der Waals surface area contributed by atoms with Crippen LogP contribution >= 0.6 is 0 Å². The van der Waals surface area contributed by atoms with Crippen LogP contribution in [0.4, 0.5) is 19.0 Å². The quantitative estimate of drug-likeness (QED) is 0.469. The summed E-state index contributed by atoms with van der Waals surface area (Å²) in [5, 5.41) is 10.7. The molecule has 0 saturated carbocycles. The van der Waals surface area contributed by atoms with E-state index < -0.39 is 27.7 Å². The first-order chi connectivity index (χ1) is 15.0. The second-order valence-corrected chi connectivity index (χ2v) is 9.84. The Labute approximate surface area is 183 Å². The topological polar surface area (TPSA) is 99.7 Å². The number of likely N-dealkylation sites (tertiary alicyclic amines) is 1. The van der Waals surface area contributed by atoms with Gasteiger partial charge in [0, 0.05) is 21.7 Å². The highest BCUT2D eigenvalue weighted by Crippen LogP contribution is 2.32. The predicted octanol–water partition coefficient (Wildman–Crippen LogP) is 3.11. The van der Waals surface area contributed by atoms with E-state index in [1.54, 1.807) is 4.57 Å². The first-order valence-corrected chi connectivity index (χ1v) is 11.1.